The zero-order chi connectivity index (χ0) is 24.7. The van der Waals surface area contributed by atoms with Gasteiger partial charge in [-0.05, 0) is 44.2 Å². The summed E-state index contributed by atoms with van der Waals surface area (Å²) in [7, 11) is 2.86. The summed E-state index contributed by atoms with van der Waals surface area (Å²) in [6.07, 6.45) is -0.367. The van der Waals surface area contributed by atoms with Gasteiger partial charge in [-0.25, -0.2) is 4.79 Å². The van der Waals surface area contributed by atoms with E-state index in [4.69, 9.17) is 25.8 Å². The lowest BCUT2D eigenvalue weighted by atomic mass is 10.2. The summed E-state index contributed by atoms with van der Waals surface area (Å²) < 4.78 is 17.9. The first-order valence-electron chi connectivity index (χ1n) is 10.4. The second-order valence-corrected chi connectivity index (χ2v) is 8.40. The van der Waals surface area contributed by atoms with Crippen molar-refractivity contribution < 1.29 is 23.8 Å². The van der Waals surface area contributed by atoms with E-state index in [9.17, 15) is 9.59 Å². The lowest BCUT2D eigenvalue weighted by Crippen LogP contribution is -2.16. The number of methoxy groups -OCH3 is 2. The van der Waals surface area contributed by atoms with Crippen LogP contribution in [-0.2, 0) is 16.1 Å². The molecule has 2 aromatic carbocycles. The highest BCUT2D eigenvalue weighted by Gasteiger charge is 2.20. The number of amides is 1. The number of nitrogens with zero attached hydrogens (tertiary/aromatic N) is 3. The van der Waals surface area contributed by atoms with E-state index in [1.807, 2.05) is 36.6 Å². The SMILES string of the molecule is CCn1c(SCC(=O)Nc2ccc(Cl)c(C(=O)OC)c2)nnc1C(C)Oc1cccc(OC)c1. The van der Waals surface area contributed by atoms with Gasteiger partial charge < -0.3 is 24.1 Å². The molecule has 1 heterocycles. The third-order valence-electron chi connectivity index (χ3n) is 4.77. The Morgan fingerprint density at radius 1 is 1.15 bits per heavy atom. The molecule has 0 radical (unpaired) electrons. The minimum Gasteiger partial charge on any atom is -0.497 e. The van der Waals surface area contributed by atoms with Crippen LogP contribution < -0.4 is 14.8 Å². The zero-order valence-electron chi connectivity index (χ0n) is 19.2. The number of hydrogen-bond donors (Lipinski definition) is 1. The molecule has 34 heavy (non-hydrogen) atoms. The van der Waals surface area contributed by atoms with Crippen LogP contribution in [0.15, 0.2) is 47.6 Å². The van der Waals surface area contributed by atoms with Crippen molar-refractivity contribution in [3.05, 3.63) is 58.9 Å². The second kappa shape index (κ2) is 11.8. The van der Waals surface area contributed by atoms with Crippen LogP contribution in [-0.4, -0.2) is 46.6 Å². The van der Waals surface area contributed by atoms with Crippen molar-refractivity contribution in [2.24, 2.45) is 0 Å². The maximum Gasteiger partial charge on any atom is 0.339 e. The van der Waals surface area contributed by atoms with E-state index in [0.717, 1.165) is 0 Å². The Balaban J connectivity index is 1.64. The highest BCUT2D eigenvalue weighted by atomic mass is 35.5. The lowest BCUT2D eigenvalue weighted by Gasteiger charge is -2.16. The molecule has 0 spiro atoms. The van der Waals surface area contributed by atoms with Crippen LogP contribution in [0, 0.1) is 0 Å². The maximum atomic E-state index is 12.5. The Labute approximate surface area is 206 Å². The van der Waals surface area contributed by atoms with E-state index >= 15 is 0 Å². The summed E-state index contributed by atoms with van der Waals surface area (Å²) in [6, 6.07) is 11.9. The van der Waals surface area contributed by atoms with E-state index in [1.165, 1.54) is 31.0 Å². The fraction of sp³-hybridized carbons (Fsp3) is 0.304. The van der Waals surface area contributed by atoms with E-state index in [-0.39, 0.29) is 28.4 Å². The van der Waals surface area contributed by atoms with E-state index in [0.29, 0.717) is 34.7 Å². The Kier molecular flexibility index (Phi) is 8.78. The third kappa shape index (κ3) is 6.21. The molecule has 0 aliphatic rings. The summed E-state index contributed by atoms with van der Waals surface area (Å²) in [5.41, 5.74) is 0.614. The number of halogens is 1. The molecule has 0 bridgehead atoms. The van der Waals surface area contributed by atoms with Gasteiger partial charge in [-0.1, -0.05) is 29.4 Å². The number of nitrogens with one attached hydrogen (secondary N) is 1. The second-order valence-electron chi connectivity index (χ2n) is 7.05. The van der Waals surface area contributed by atoms with E-state index in [1.54, 1.807) is 19.2 Å². The number of thioether (sulfide) groups is 1. The number of carbonyl (C=O) groups excluding carboxylic acids is 2. The summed E-state index contributed by atoms with van der Waals surface area (Å²) in [4.78, 5) is 24.3. The molecule has 0 saturated carbocycles. The summed E-state index contributed by atoms with van der Waals surface area (Å²) >= 11 is 7.27. The van der Waals surface area contributed by atoms with Gasteiger partial charge in [0.05, 0.1) is 30.6 Å². The van der Waals surface area contributed by atoms with Gasteiger partial charge in [0.2, 0.25) is 5.91 Å². The Bertz CT molecular complexity index is 1170. The highest BCUT2D eigenvalue weighted by Crippen LogP contribution is 2.27. The average molecular weight is 505 g/mol. The highest BCUT2D eigenvalue weighted by molar-refractivity contribution is 7.99. The van der Waals surface area contributed by atoms with Crippen molar-refractivity contribution in [1.82, 2.24) is 14.8 Å². The maximum absolute atomic E-state index is 12.5. The topological polar surface area (TPSA) is 105 Å². The first-order chi connectivity index (χ1) is 16.4. The standard InChI is InChI=1S/C23H25ClN4O5S/c1-5-28-21(14(2)33-17-8-6-7-16(12-17)31-3)26-27-23(28)34-13-20(29)25-15-9-10-19(24)18(11-15)22(30)32-4/h6-12,14H,5,13H2,1-4H3,(H,25,29). The van der Waals surface area contributed by atoms with Crippen molar-refractivity contribution >= 4 is 40.9 Å². The molecule has 0 aliphatic heterocycles. The molecule has 1 atom stereocenters. The van der Waals surface area contributed by atoms with Crippen LogP contribution >= 0.6 is 23.4 Å². The molecule has 1 N–H and O–H groups in total. The molecule has 1 unspecified atom stereocenters. The van der Waals surface area contributed by atoms with Gasteiger partial charge in [0, 0.05) is 18.3 Å². The van der Waals surface area contributed by atoms with Gasteiger partial charge in [0.1, 0.15) is 11.5 Å². The zero-order valence-corrected chi connectivity index (χ0v) is 20.8. The van der Waals surface area contributed by atoms with Crippen LogP contribution in [0.2, 0.25) is 5.02 Å². The van der Waals surface area contributed by atoms with E-state index < -0.39 is 5.97 Å². The number of benzene rings is 2. The molecule has 9 nitrogen and oxygen atoms in total. The number of ether oxygens (including phenoxy) is 3. The van der Waals surface area contributed by atoms with Crippen molar-refractivity contribution in [3.8, 4) is 11.5 Å². The summed E-state index contributed by atoms with van der Waals surface area (Å²) in [5, 5.41) is 12.1. The van der Waals surface area contributed by atoms with Gasteiger partial charge in [-0.15, -0.1) is 10.2 Å². The van der Waals surface area contributed by atoms with Crippen molar-refractivity contribution in [3.63, 3.8) is 0 Å². The molecule has 1 aromatic heterocycles. The molecule has 0 fully saturated rings. The minimum atomic E-state index is -0.579. The summed E-state index contributed by atoms with van der Waals surface area (Å²) in [6.45, 7) is 4.46. The first-order valence-corrected chi connectivity index (χ1v) is 11.8. The molecule has 3 aromatic rings. The van der Waals surface area contributed by atoms with Crippen LogP contribution in [0.1, 0.15) is 36.1 Å². The van der Waals surface area contributed by atoms with Crippen LogP contribution in [0.3, 0.4) is 0 Å². The van der Waals surface area contributed by atoms with Gasteiger partial charge in [-0.3, -0.25) is 4.79 Å². The van der Waals surface area contributed by atoms with Crippen LogP contribution in [0.5, 0.6) is 11.5 Å². The number of anilines is 1. The first kappa shape index (κ1) is 25.4. The third-order valence-corrected chi connectivity index (χ3v) is 6.06. The van der Waals surface area contributed by atoms with Gasteiger partial charge >= 0.3 is 5.97 Å². The van der Waals surface area contributed by atoms with Gasteiger partial charge in [0.15, 0.2) is 17.1 Å². The number of rotatable bonds is 10. The van der Waals surface area contributed by atoms with Crippen molar-refractivity contribution in [1.29, 1.82) is 0 Å². The molecule has 1 amide bonds. The Morgan fingerprint density at radius 2 is 1.91 bits per heavy atom. The number of esters is 1. The van der Waals surface area contributed by atoms with Crippen molar-refractivity contribution in [2.75, 3.05) is 25.3 Å². The molecule has 3 rings (SSSR count). The molecular formula is C23H25ClN4O5S. The smallest absolute Gasteiger partial charge is 0.339 e. The number of carbonyl (C=O) groups is 2. The lowest BCUT2D eigenvalue weighted by molar-refractivity contribution is -0.113. The van der Waals surface area contributed by atoms with Crippen molar-refractivity contribution in [2.45, 2.75) is 31.7 Å². The van der Waals surface area contributed by atoms with Gasteiger partial charge in [-0.2, -0.15) is 0 Å². The molecular weight excluding hydrogens is 480 g/mol. The number of aromatic nitrogens is 3. The molecule has 0 saturated heterocycles. The summed E-state index contributed by atoms with van der Waals surface area (Å²) in [5.74, 6) is 1.25. The van der Waals surface area contributed by atoms with Gasteiger partial charge in [0.25, 0.3) is 0 Å². The fourth-order valence-electron chi connectivity index (χ4n) is 3.13. The largest absolute Gasteiger partial charge is 0.497 e. The van der Waals surface area contributed by atoms with Crippen LogP contribution in [0.4, 0.5) is 5.69 Å². The van der Waals surface area contributed by atoms with E-state index in [2.05, 4.69) is 15.5 Å². The minimum absolute atomic E-state index is 0.0967. The predicted molar refractivity (Wildman–Crippen MR) is 130 cm³/mol. The predicted octanol–water partition coefficient (Wildman–Crippen LogP) is 4.62. The average Bonchev–Trinajstić information content (AvgIpc) is 3.26. The molecule has 0 aliphatic carbocycles. The Morgan fingerprint density at radius 3 is 2.62 bits per heavy atom. The van der Waals surface area contributed by atoms with Crippen LogP contribution in [0.25, 0.3) is 0 Å². The quantitative estimate of drug-likeness (QED) is 0.315. The number of hydrogen-bond acceptors (Lipinski definition) is 8. The Hall–Kier alpha value is -3.24. The normalized spacial score (nSPS) is 11.6. The molecule has 11 heteroatoms. The molecule has 180 valence electrons. The monoisotopic (exact) mass is 504 g/mol. The fourth-order valence-corrected chi connectivity index (χ4v) is 4.14.